The van der Waals surface area contributed by atoms with Crippen molar-refractivity contribution < 1.29 is 14.3 Å². The Balaban J connectivity index is 2.29. The van der Waals surface area contributed by atoms with Gasteiger partial charge in [0.05, 0.1) is 12.6 Å². The average Bonchev–Trinajstić information content (AvgIpc) is 2.43. The van der Waals surface area contributed by atoms with Gasteiger partial charge < -0.3 is 15.0 Å². The van der Waals surface area contributed by atoms with E-state index in [-0.39, 0.29) is 31.1 Å². The molecule has 5 heteroatoms. The number of hydrogen-bond donors (Lipinski definition) is 1. The number of carbonyl (C=O) groups excluding carboxylic acids is 2. The molecule has 1 aliphatic carbocycles. The Labute approximate surface area is 115 Å². The molecule has 0 atom stereocenters. The molecule has 19 heavy (non-hydrogen) atoms. The first kappa shape index (κ1) is 16.0. The molecule has 0 spiro atoms. The second-order valence-corrected chi connectivity index (χ2v) is 4.93. The predicted octanol–water partition coefficient (Wildman–Crippen LogP) is 1.32. The van der Waals surface area contributed by atoms with Gasteiger partial charge >= 0.3 is 0 Å². The molecule has 0 aromatic heterocycles. The summed E-state index contributed by atoms with van der Waals surface area (Å²) >= 11 is 0. The fraction of sp³-hybridized carbons (Fsp3) is 0.857. The maximum absolute atomic E-state index is 12.0. The Kier molecular flexibility index (Phi) is 7.48. The summed E-state index contributed by atoms with van der Waals surface area (Å²) in [5, 5.41) is 2.70. The highest BCUT2D eigenvalue weighted by Crippen LogP contribution is 2.20. The van der Waals surface area contributed by atoms with Gasteiger partial charge in [-0.15, -0.1) is 0 Å². The summed E-state index contributed by atoms with van der Waals surface area (Å²) in [5.41, 5.74) is 0. The lowest BCUT2D eigenvalue weighted by atomic mass is 9.98. The number of nitrogens with one attached hydrogen (secondary N) is 1. The molecule has 0 saturated heterocycles. The molecule has 110 valence electrons. The molecule has 0 aromatic carbocycles. The zero-order valence-corrected chi connectivity index (χ0v) is 12.1. The number of nitrogens with zero attached hydrogens (tertiary/aromatic N) is 1. The van der Waals surface area contributed by atoms with Crippen molar-refractivity contribution >= 4 is 11.8 Å². The van der Waals surface area contributed by atoms with E-state index < -0.39 is 0 Å². The van der Waals surface area contributed by atoms with Gasteiger partial charge in [0.2, 0.25) is 11.8 Å². The summed E-state index contributed by atoms with van der Waals surface area (Å²) in [6.07, 6.45) is 5.98. The van der Waals surface area contributed by atoms with Gasteiger partial charge in [0, 0.05) is 13.1 Å². The molecule has 0 aromatic rings. The van der Waals surface area contributed by atoms with Crippen LogP contribution in [0.2, 0.25) is 0 Å². The lowest BCUT2D eigenvalue weighted by Gasteiger charge is -2.24. The van der Waals surface area contributed by atoms with Crippen LogP contribution < -0.4 is 5.32 Å². The molecule has 1 N–H and O–H groups in total. The van der Waals surface area contributed by atoms with Crippen molar-refractivity contribution in [3.8, 4) is 0 Å². The van der Waals surface area contributed by atoms with Crippen molar-refractivity contribution in [1.82, 2.24) is 10.2 Å². The molecule has 0 heterocycles. The van der Waals surface area contributed by atoms with Crippen molar-refractivity contribution in [2.45, 2.75) is 52.1 Å². The van der Waals surface area contributed by atoms with Crippen LogP contribution >= 0.6 is 0 Å². The monoisotopic (exact) mass is 270 g/mol. The number of ether oxygens (including phenoxy) is 1. The van der Waals surface area contributed by atoms with Crippen LogP contribution in [0.3, 0.4) is 0 Å². The number of hydrogen-bond acceptors (Lipinski definition) is 3. The normalized spacial score (nSPS) is 16.1. The number of likely N-dealkylation sites (N-methyl/N-ethyl adjacent to an activating group) is 2. The quantitative estimate of drug-likeness (QED) is 0.759. The highest BCUT2D eigenvalue weighted by Gasteiger charge is 2.19. The number of rotatable bonds is 7. The van der Waals surface area contributed by atoms with E-state index in [1.807, 2.05) is 13.8 Å². The first-order chi connectivity index (χ1) is 9.17. The molecule has 0 unspecified atom stereocenters. The lowest BCUT2D eigenvalue weighted by molar-refractivity contribution is -0.141. The molecule has 1 aliphatic rings. The molecular weight excluding hydrogens is 244 g/mol. The predicted molar refractivity (Wildman–Crippen MR) is 73.8 cm³/mol. The van der Waals surface area contributed by atoms with Crippen LogP contribution in [0, 0.1) is 0 Å². The Morgan fingerprint density at radius 2 is 1.89 bits per heavy atom. The zero-order valence-electron chi connectivity index (χ0n) is 12.1. The van der Waals surface area contributed by atoms with Gasteiger partial charge in [-0.1, -0.05) is 19.3 Å². The second-order valence-electron chi connectivity index (χ2n) is 4.93. The van der Waals surface area contributed by atoms with Gasteiger partial charge in [0.15, 0.2) is 0 Å². The largest absolute Gasteiger partial charge is 0.368 e. The van der Waals surface area contributed by atoms with Crippen molar-refractivity contribution in [3.63, 3.8) is 0 Å². The molecule has 0 aliphatic heterocycles. The van der Waals surface area contributed by atoms with E-state index >= 15 is 0 Å². The maximum Gasteiger partial charge on any atom is 0.249 e. The minimum absolute atomic E-state index is 0.0952. The first-order valence-electron chi connectivity index (χ1n) is 7.33. The van der Waals surface area contributed by atoms with E-state index in [2.05, 4.69) is 5.32 Å². The standard InChI is InChI=1S/C14H26N2O3/c1-3-15-13(17)10-16(4-2)14(18)11-19-12-8-6-5-7-9-12/h12H,3-11H2,1-2H3,(H,15,17). The minimum Gasteiger partial charge on any atom is -0.368 e. The highest BCUT2D eigenvalue weighted by molar-refractivity contribution is 5.85. The first-order valence-corrected chi connectivity index (χ1v) is 7.33. The van der Waals surface area contributed by atoms with Crippen LogP contribution in [0.25, 0.3) is 0 Å². The van der Waals surface area contributed by atoms with Crippen molar-refractivity contribution in [3.05, 3.63) is 0 Å². The molecule has 0 bridgehead atoms. The van der Waals surface area contributed by atoms with Crippen LogP contribution in [-0.2, 0) is 14.3 Å². The third kappa shape index (κ3) is 6.05. The fourth-order valence-corrected chi connectivity index (χ4v) is 2.31. The Morgan fingerprint density at radius 3 is 2.47 bits per heavy atom. The number of carbonyl (C=O) groups is 2. The van der Waals surface area contributed by atoms with Crippen LogP contribution in [0.5, 0.6) is 0 Å². The average molecular weight is 270 g/mol. The Bertz CT molecular complexity index is 288. The van der Waals surface area contributed by atoms with Crippen molar-refractivity contribution in [2.24, 2.45) is 0 Å². The van der Waals surface area contributed by atoms with E-state index in [4.69, 9.17) is 4.74 Å². The fourth-order valence-electron chi connectivity index (χ4n) is 2.31. The Hall–Kier alpha value is -1.10. The molecule has 1 saturated carbocycles. The maximum atomic E-state index is 12.0. The third-order valence-corrected chi connectivity index (χ3v) is 3.44. The summed E-state index contributed by atoms with van der Waals surface area (Å²) in [5.74, 6) is -0.213. The molecular formula is C14H26N2O3. The third-order valence-electron chi connectivity index (χ3n) is 3.44. The highest BCUT2D eigenvalue weighted by atomic mass is 16.5. The Morgan fingerprint density at radius 1 is 1.21 bits per heavy atom. The van der Waals surface area contributed by atoms with Gasteiger partial charge in [-0.05, 0) is 26.7 Å². The second kappa shape index (κ2) is 8.91. The topological polar surface area (TPSA) is 58.6 Å². The molecule has 1 rings (SSSR count). The van der Waals surface area contributed by atoms with E-state index in [0.29, 0.717) is 13.1 Å². The summed E-state index contributed by atoms with van der Waals surface area (Å²) in [6.45, 7) is 5.07. The van der Waals surface area contributed by atoms with Gasteiger partial charge in [-0.3, -0.25) is 9.59 Å². The van der Waals surface area contributed by atoms with Crippen molar-refractivity contribution in [2.75, 3.05) is 26.2 Å². The van der Waals surface area contributed by atoms with Crippen LogP contribution in [0.4, 0.5) is 0 Å². The molecule has 1 fully saturated rings. The van der Waals surface area contributed by atoms with Gasteiger partial charge in [-0.25, -0.2) is 0 Å². The van der Waals surface area contributed by atoms with Crippen LogP contribution in [0.1, 0.15) is 46.0 Å². The van der Waals surface area contributed by atoms with E-state index in [9.17, 15) is 9.59 Å². The summed E-state index contributed by atoms with van der Waals surface area (Å²) in [4.78, 5) is 25.0. The number of amides is 2. The van der Waals surface area contributed by atoms with Gasteiger partial charge in [-0.2, -0.15) is 0 Å². The molecule has 5 nitrogen and oxygen atoms in total. The van der Waals surface area contributed by atoms with Crippen LogP contribution in [0.15, 0.2) is 0 Å². The van der Waals surface area contributed by atoms with Crippen molar-refractivity contribution in [1.29, 1.82) is 0 Å². The SMILES string of the molecule is CCNC(=O)CN(CC)C(=O)COC1CCCCC1. The van der Waals surface area contributed by atoms with E-state index in [0.717, 1.165) is 12.8 Å². The summed E-state index contributed by atoms with van der Waals surface area (Å²) in [6, 6.07) is 0. The zero-order chi connectivity index (χ0) is 14.1. The van der Waals surface area contributed by atoms with E-state index in [1.165, 1.54) is 24.2 Å². The van der Waals surface area contributed by atoms with E-state index in [1.54, 1.807) is 0 Å². The summed E-state index contributed by atoms with van der Waals surface area (Å²) < 4.78 is 5.65. The van der Waals surface area contributed by atoms with Gasteiger partial charge in [0.1, 0.15) is 6.61 Å². The lowest BCUT2D eigenvalue weighted by Crippen LogP contribution is -2.42. The minimum atomic E-state index is -0.115. The summed E-state index contributed by atoms with van der Waals surface area (Å²) in [7, 11) is 0. The molecule has 2 amide bonds. The smallest absolute Gasteiger partial charge is 0.249 e. The van der Waals surface area contributed by atoms with Gasteiger partial charge in [0.25, 0.3) is 0 Å². The molecule has 0 radical (unpaired) electrons. The van der Waals surface area contributed by atoms with Crippen LogP contribution in [-0.4, -0.2) is 49.1 Å².